The van der Waals surface area contributed by atoms with Crippen molar-refractivity contribution in [3.8, 4) is 0 Å². The third kappa shape index (κ3) is 5.53. The third-order valence-electron chi connectivity index (χ3n) is 3.44. The average molecular weight is 242 g/mol. The van der Waals surface area contributed by atoms with Gasteiger partial charge in [0.25, 0.3) is 0 Å². The third-order valence-corrected chi connectivity index (χ3v) is 3.44. The van der Waals surface area contributed by atoms with Crippen molar-refractivity contribution in [2.24, 2.45) is 0 Å². The molecule has 0 radical (unpaired) electrons. The predicted octanol–water partition coefficient (Wildman–Crippen LogP) is 3.46. The quantitative estimate of drug-likeness (QED) is 0.528. The van der Waals surface area contributed by atoms with Gasteiger partial charge >= 0.3 is 5.97 Å². The van der Waals surface area contributed by atoms with Crippen molar-refractivity contribution in [3.05, 3.63) is 0 Å². The maximum Gasteiger partial charge on any atom is 0.334 e. The Morgan fingerprint density at radius 1 is 1.24 bits per heavy atom. The Morgan fingerprint density at radius 3 is 2.41 bits per heavy atom. The zero-order valence-corrected chi connectivity index (χ0v) is 11.2. The van der Waals surface area contributed by atoms with Crippen molar-refractivity contribution in [3.63, 3.8) is 0 Å². The van der Waals surface area contributed by atoms with Crippen LogP contribution in [0.2, 0.25) is 0 Å². The first-order valence-corrected chi connectivity index (χ1v) is 7.01. The summed E-state index contributed by atoms with van der Waals surface area (Å²) in [6.45, 7) is 2.12. The summed E-state index contributed by atoms with van der Waals surface area (Å²) in [6, 6.07) is 0. The molecule has 1 aliphatic rings. The maximum atomic E-state index is 11.6. The summed E-state index contributed by atoms with van der Waals surface area (Å²) in [5.74, 6) is -0.206. The van der Waals surface area contributed by atoms with Crippen molar-refractivity contribution >= 4 is 5.97 Å². The molecule has 1 unspecified atom stereocenters. The first kappa shape index (κ1) is 14.5. The number of rotatable bonds is 6. The van der Waals surface area contributed by atoms with Gasteiger partial charge in [-0.2, -0.15) is 0 Å². The van der Waals surface area contributed by atoms with E-state index in [0.29, 0.717) is 0 Å². The Bertz CT molecular complexity index is 208. The standard InChI is InChI=1S/C14H26O3/c1-3-4-11-13(14(15)16-2)17-12-9-7-5-6-8-10-12/h12-13H,3-11H2,1-2H3. The number of carbonyl (C=O) groups excluding carboxylic acids is 1. The lowest BCUT2D eigenvalue weighted by Gasteiger charge is -2.22. The maximum absolute atomic E-state index is 11.6. The first-order valence-electron chi connectivity index (χ1n) is 7.01. The molecule has 0 bridgehead atoms. The molecular formula is C14H26O3. The van der Waals surface area contributed by atoms with Crippen molar-refractivity contribution in [2.45, 2.75) is 76.9 Å². The number of methoxy groups -OCH3 is 1. The fourth-order valence-electron chi connectivity index (χ4n) is 2.37. The van der Waals surface area contributed by atoms with E-state index in [1.54, 1.807) is 0 Å². The van der Waals surface area contributed by atoms with Crippen LogP contribution >= 0.6 is 0 Å². The van der Waals surface area contributed by atoms with Gasteiger partial charge in [-0.15, -0.1) is 0 Å². The smallest absolute Gasteiger partial charge is 0.334 e. The molecule has 1 atom stereocenters. The Hall–Kier alpha value is -0.570. The van der Waals surface area contributed by atoms with Crippen molar-refractivity contribution < 1.29 is 14.3 Å². The Balaban J connectivity index is 2.42. The molecule has 0 spiro atoms. The highest BCUT2D eigenvalue weighted by molar-refractivity contribution is 5.74. The predicted molar refractivity (Wildman–Crippen MR) is 67.9 cm³/mol. The Kier molecular flexibility index (Phi) is 7.25. The monoisotopic (exact) mass is 242 g/mol. The molecule has 1 fully saturated rings. The van der Waals surface area contributed by atoms with Crippen LogP contribution in [0.4, 0.5) is 0 Å². The molecule has 0 aromatic heterocycles. The van der Waals surface area contributed by atoms with Crippen LogP contribution < -0.4 is 0 Å². The molecule has 3 heteroatoms. The molecule has 0 aliphatic heterocycles. The van der Waals surface area contributed by atoms with Crippen molar-refractivity contribution in [1.29, 1.82) is 0 Å². The van der Waals surface area contributed by atoms with Gasteiger partial charge in [-0.3, -0.25) is 0 Å². The van der Waals surface area contributed by atoms with Crippen LogP contribution in [-0.2, 0) is 14.3 Å². The van der Waals surface area contributed by atoms with Gasteiger partial charge in [0.2, 0.25) is 0 Å². The van der Waals surface area contributed by atoms with E-state index < -0.39 is 0 Å². The number of ether oxygens (including phenoxy) is 2. The van der Waals surface area contributed by atoms with Gasteiger partial charge < -0.3 is 9.47 Å². The summed E-state index contributed by atoms with van der Waals surface area (Å²) in [5.41, 5.74) is 0. The van der Waals surface area contributed by atoms with Gasteiger partial charge in [0.15, 0.2) is 6.10 Å². The van der Waals surface area contributed by atoms with Gasteiger partial charge in [-0.1, -0.05) is 45.4 Å². The van der Waals surface area contributed by atoms with Gasteiger partial charge in [-0.05, 0) is 19.3 Å². The zero-order valence-electron chi connectivity index (χ0n) is 11.2. The number of hydrogen-bond donors (Lipinski definition) is 0. The summed E-state index contributed by atoms with van der Waals surface area (Å²) in [6.07, 6.45) is 10.1. The summed E-state index contributed by atoms with van der Waals surface area (Å²) in [7, 11) is 1.44. The van der Waals surface area contributed by atoms with Crippen LogP contribution in [0, 0.1) is 0 Å². The first-order chi connectivity index (χ1) is 8.27. The minimum Gasteiger partial charge on any atom is -0.467 e. The molecular weight excluding hydrogens is 216 g/mol. The van der Waals surface area contributed by atoms with Crippen LogP contribution in [0.5, 0.6) is 0 Å². The van der Waals surface area contributed by atoms with Crippen molar-refractivity contribution in [1.82, 2.24) is 0 Å². The van der Waals surface area contributed by atoms with E-state index in [1.807, 2.05) is 0 Å². The van der Waals surface area contributed by atoms with E-state index in [-0.39, 0.29) is 18.2 Å². The molecule has 1 aliphatic carbocycles. The topological polar surface area (TPSA) is 35.5 Å². The number of carbonyl (C=O) groups is 1. The number of unbranched alkanes of at least 4 members (excludes halogenated alkanes) is 1. The molecule has 3 nitrogen and oxygen atoms in total. The average Bonchev–Trinajstić information content (AvgIpc) is 2.62. The minimum atomic E-state index is -0.344. The molecule has 17 heavy (non-hydrogen) atoms. The number of hydrogen-bond acceptors (Lipinski definition) is 3. The van der Waals surface area contributed by atoms with Gasteiger partial charge in [0.1, 0.15) is 0 Å². The second-order valence-corrected chi connectivity index (χ2v) is 4.90. The lowest BCUT2D eigenvalue weighted by Crippen LogP contribution is -2.30. The van der Waals surface area contributed by atoms with Crippen molar-refractivity contribution in [2.75, 3.05) is 7.11 Å². The van der Waals surface area contributed by atoms with Gasteiger partial charge in [0.05, 0.1) is 13.2 Å². The fraction of sp³-hybridized carbons (Fsp3) is 0.929. The highest BCUT2D eigenvalue weighted by atomic mass is 16.6. The second kappa shape index (κ2) is 8.51. The summed E-state index contributed by atoms with van der Waals surface area (Å²) in [5, 5.41) is 0. The van der Waals surface area contributed by atoms with E-state index in [9.17, 15) is 4.79 Å². The zero-order chi connectivity index (χ0) is 12.5. The lowest BCUT2D eigenvalue weighted by molar-refractivity contribution is -0.159. The molecule has 100 valence electrons. The summed E-state index contributed by atoms with van der Waals surface area (Å²) >= 11 is 0. The molecule has 0 aromatic rings. The molecule has 0 amide bonds. The largest absolute Gasteiger partial charge is 0.467 e. The van der Waals surface area contributed by atoms with E-state index in [0.717, 1.165) is 32.1 Å². The molecule has 1 rings (SSSR count). The van der Waals surface area contributed by atoms with Gasteiger partial charge in [0, 0.05) is 0 Å². The summed E-state index contributed by atoms with van der Waals surface area (Å²) in [4.78, 5) is 11.6. The van der Waals surface area contributed by atoms with E-state index in [2.05, 4.69) is 6.92 Å². The van der Waals surface area contributed by atoms with Crippen LogP contribution in [-0.4, -0.2) is 25.3 Å². The molecule has 0 saturated heterocycles. The lowest BCUT2D eigenvalue weighted by atomic mass is 10.1. The van der Waals surface area contributed by atoms with Crippen LogP contribution in [0.25, 0.3) is 0 Å². The van der Waals surface area contributed by atoms with E-state index in [4.69, 9.17) is 9.47 Å². The SMILES string of the molecule is CCCCC(OC1CCCCCC1)C(=O)OC. The normalized spacial score (nSPS) is 19.6. The van der Waals surface area contributed by atoms with Crippen LogP contribution in [0.3, 0.4) is 0 Å². The Morgan fingerprint density at radius 2 is 1.88 bits per heavy atom. The van der Waals surface area contributed by atoms with Crippen LogP contribution in [0.15, 0.2) is 0 Å². The summed E-state index contributed by atoms with van der Waals surface area (Å²) < 4.78 is 10.8. The molecule has 0 aromatic carbocycles. The minimum absolute atomic E-state index is 0.206. The molecule has 1 saturated carbocycles. The number of esters is 1. The highest BCUT2D eigenvalue weighted by Crippen LogP contribution is 2.22. The van der Waals surface area contributed by atoms with Gasteiger partial charge in [-0.25, -0.2) is 4.79 Å². The van der Waals surface area contributed by atoms with E-state index >= 15 is 0 Å². The highest BCUT2D eigenvalue weighted by Gasteiger charge is 2.24. The second-order valence-electron chi connectivity index (χ2n) is 4.90. The molecule has 0 N–H and O–H groups in total. The van der Waals surface area contributed by atoms with Crippen LogP contribution in [0.1, 0.15) is 64.7 Å². The fourth-order valence-corrected chi connectivity index (χ4v) is 2.37. The molecule has 0 heterocycles. The van der Waals surface area contributed by atoms with E-state index in [1.165, 1.54) is 32.8 Å². The Labute approximate surface area is 105 Å².